The van der Waals surface area contributed by atoms with Crippen LogP contribution in [0.4, 0.5) is 9.05 Å². The van der Waals surface area contributed by atoms with Crippen molar-refractivity contribution in [2.75, 3.05) is 0 Å². The first-order valence-electron chi connectivity index (χ1n) is 6.56. The molecule has 2 aromatic rings. The van der Waals surface area contributed by atoms with Crippen molar-refractivity contribution >= 4 is 35.3 Å². The van der Waals surface area contributed by atoms with Gasteiger partial charge in [-0.25, -0.2) is 0 Å². The first kappa shape index (κ1) is 18.6. The van der Waals surface area contributed by atoms with Crippen molar-refractivity contribution in [2.24, 2.45) is 0 Å². The van der Waals surface area contributed by atoms with E-state index in [4.69, 9.17) is 0 Å². The minimum absolute atomic E-state index is 0.456. The van der Waals surface area contributed by atoms with Gasteiger partial charge in [-0.3, -0.25) is 4.57 Å². The van der Waals surface area contributed by atoms with Gasteiger partial charge in [-0.1, -0.05) is 52.3 Å². The van der Waals surface area contributed by atoms with Gasteiger partial charge in [0, 0.05) is 16.0 Å². The minimum Gasteiger partial charge on any atom is -0.254 e. The van der Waals surface area contributed by atoms with Crippen LogP contribution in [0.15, 0.2) is 46.9 Å². The summed E-state index contributed by atoms with van der Waals surface area (Å²) in [4.78, 5) is 0. The molecule has 8 heteroatoms. The van der Waals surface area contributed by atoms with Crippen LogP contribution in [0, 0.1) is 6.07 Å². The number of hydrogen-bond acceptors (Lipinski definition) is 4. The maximum Gasteiger partial charge on any atom is 0.399 e. The number of benzene rings is 2. The SMILES string of the molecule is O=P(Cc1ccc(CSCc2cc[c]c(Br)c2)cc1)(OF)OF. The van der Waals surface area contributed by atoms with Gasteiger partial charge >= 0.3 is 7.60 Å². The monoisotopic (exact) mass is 421 g/mol. The van der Waals surface area contributed by atoms with Gasteiger partial charge in [0.15, 0.2) is 0 Å². The summed E-state index contributed by atoms with van der Waals surface area (Å²) in [6, 6.07) is 15.8. The fraction of sp³-hybridized carbons (Fsp3) is 0.200. The molecule has 2 rings (SSSR count). The molecule has 3 nitrogen and oxygen atoms in total. The Bertz CT molecular complexity index is 677. The van der Waals surface area contributed by atoms with E-state index in [1.165, 1.54) is 5.56 Å². The molecule has 0 aliphatic heterocycles. The van der Waals surface area contributed by atoms with Crippen molar-refractivity contribution in [1.82, 2.24) is 0 Å². The van der Waals surface area contributed by atoms with Gasteiger partial charge in [0.2, 0.25) is 0 Å². The van der Waals surface area contributed by atoms with Crippen LogP contribution in [-0.2, 0) is 31.7 Å². The molecule has 0 aromatic heterocycles. The van der Waals surface area contributed by atoms with Crippen LogP contribution in [-0.4, -0.2) is 0 Å². The molecule has 0 unspecified atom stereocenters. The third-order valence-corrected chi connectivity index (χ3v) is 5.68. The zero-order valence-electron chi connectivity index (χ0n) is 11.9. The van der Waals surface area contributed by atoms with Crippen LogP contribution >= 0.6 is 35.3 Å². The van der Waals surface area contributed by atoms with Crippen molar-refractivity contribution in [2.45, 2.75) is 17.7 Å². The molecule has 0 bridgehead atoms. The first-order valence-corrected chi connectivity index (χ1v) is 10.2. The maximum absolute atomic E-state index is 12.0. The highest BCUT2D eigenvalue weighted by atomic mass is 79.9. The first-order chi connectivity index (χ1) is 11.0. The van der Waals surface area contributed by atoms with Crippen molar-refractivity contribution in [3.05, 3.63) is 69.7 Å². The second kappa shape index (κ2) is 8.94. The third kappa shape index (κ3) is 6.01. The zero-order chi connectivity index (χ0) is 16.7. The van der Waals surface area contributed by atoms with E-state index in [-0.39, 0.29) is 0 Å². The van der Waals surface area contributed by atoms with E-state index in [0.717, 1.165) is 21.5 Å². The van der Waals surface area contributed by atoms with E-state index in [0.29, 0.717) is 5.56 Å². The third-order valence-electron chi connectivity index (χ3n) is 2.98. The van der Waals surface area contributed by atoms with Crippen molar-refractivity contribution in [3.63, 3.8) is 0 Å². The molecule has 23 heavy (non-hydrogen) atoms. The average molecular weight is 422 g/mol. The van der Waals surface area contributed by atoms with Gasteiger partial charge in [-0.05, 0) is 37.9 Å². The van der Waals surface area contributed by atoms with Gasteiger partial charge in [-0.2, -0.15) is 11.8 Å². The topological polar surface area (TPSA) is 35.5 Å². The molecule has 0 amide bonds. The predicted molar refractivity (Wildman–Crippen MR) is 90.1 cm³/mol. The largest absolute Gasteiger partial charge is 0.399 e. The van der Waals surface area contributed by atoms with Crippen LogP contribution < -0.4 is 0 Å². The van der Waals surface area contributed by atoms with E-state index < -0.39 is 13.8 Å². The lowest BCUT2D eigenvalue weighted by atomic mass is 10.2. The molecule has 0 spiro atoms. The van der Waals surface area contributed by atoms with Crippen LogP contribution in [0.25, 0.3) is 0 Å². The molecular weight excluding hydrogens is 409 g/mol. The van der Waals surface area contributed by atoms with Gasteiger partial charge in [-0.15, -0.1) is 9.46 Å². The van der Waals surface area contributed by atoms with E-state index in [2.05, 4.69) is 31.5 Å². The van der Waals surface area contributed by atoms with Crippen LogP contribution in [0.3, 0.4) is 0 Å². The molecule has 0 saturated carbocycles. The second-order valence-electron chi connectivity index (χ2n) is 4.76. The molecule has 0 fully saturated rings. The molecule has 0 heterocycles. The Morgan fingerprint density at radius 3 is 2.26 bits per heavy atom. The highest BCUT2D eigenvalue weighted by Crippen LogP contribution is 2.52. The Morgan fingerprint density at radius 1 is 1.04 bits per heavy atom. The lowest BCUT2D eigenvalue weighted by Gasteiger charge is -2.08. The average Bonchev–Trinajstić information content (AvgIpc) is 2.56. The zero-order valence-corrected chi connectivity index (χ0v) is 15.2. The molecule has 1 radical (unpaired) electrons. The maximum atomic E-state index is 12.0. The lowest BCUT2D eigenvalue weighted by Crippen LogP contribution is -1.91. The van der Waals surface area contributed by atoms with E-state index >= 15 is 0 Å². The standard InChI is InChI=1S/C15H13BrF2O3PS/c16-15-3-1-2-14(8-15)11-23-10-13-6-4-12(5-7-13)9-22(19,20-17)21-18/h1-2,4-8H,9-11H2. The van der Waals surface area contributed by atoms with Gasteiger partial charge < -0.3 is 0 Å². The molecule has 0 N–H and O–H groups in total. The van der Waals surface area contributed by atoms with Crippen LogP contribution in [0.1, 0.15) is 16.7 Å². The van der Waals surface area contributed by atoms with Gasteiger partial charge in [0.05, 0.1) is 6.16 Å². The van der Waals surface area contributed by atoms with E-state index in [1.807, 2.05) is 30.3 Å². The normalized spacial score (nSPS) is 11.6. The Kier molecular flexibility index (Phi) is 7.24. The van der Waals surface area contributed by atoms with Crippen molar-refractivity contribution < 1.29 is 23.1 Å². The summed E-state index contributed by atoms with van der Waals surface area (Å²) in [5.74, 6) is 1.64. The molecule has 0 aliphatic rings. The smallest absolute Gasteiger partial charge is 0.254 e. The summed E-state index contributed by atoms with van der Waals surface area (Å²) in [5.41, 5.74) is 2.72. The molecule has 0 saturated heterocycles. The molecule has 0 aliphatic carbocycles. The summed E-state index contributed by atoms with van der Waals surface area (Å²) in [6.45, 7) is 0. The van der Waals surface area contributed by atoms with E-state index in [9.17, 15) is 13.6 Å². The lowest BCUT2D eigenvalue weighted by molar-refractivity contribution is -0.0881. The highest BCUT2D eigenvalue weighted by molar-refractivity contribution is 9.10. The second-order valence-corrected chi connectivity index (χ2v) is 8.42. The fourth-order valence-electron chi connectivity index (χ4n) is 1.88. The Morgan fingerprint density at radius 2 is 1.65 bits per heavy atom. The number of halogens is 3. The molecule has 0 atom stereocenters. The van der Waals surface area contributed by atoms with Gasteiger partial charge in [0.1, 0.15) is 0 Å². The molecule has 2 aromatic carbocycles. The summed E-state index contributed by atoms with van der Waals surface area (Å²) in [5, 5.41) is 0. The van der Waals surface area contributed by atoms with Crippen LogP contribution in [0.5, 0.6) is 0 Å². The Labute approximate surface area is 145 Å². The summed E-state index contributed by atoms with van der Waals surface area (Å²) in [7, 11) is -4.33. The number of hydrogen-bond donors (Lipinski definition) is 0. The summed E-state index contributed by atoms with van der Waals surface area (Å²) >= 11 is 5.12. The highest BCUT2D eigenvalue weighted by Gasteiger charge is 2.27. The Balaban J connectivity index is 1.86. The Hall–Kier alpha value is -0.720. The minimum atomic E-state index is -4.33. The predicted octanol–water partition coefficient (Wildman–Crippen LogP) is 6.18. The molecular formula is C15H13BrF2O3PS. The number of thioether (sulfide) groups is 1. The summed E-state index contributed by atoms with van der Waals surface area (Å²) in [6.07, 6.45) is -0.456. The van der Waals surface area contributed by atoms with Gasteiger partial charge in [0.25, 0.3) is 0 Å². The summed E-state index contributed by atoms with van der Waals surface area (Å²) < 4.78 is 42.5. The van der Waals surface area contributed by atoms with Crippen LogP contribution in [0.2, 0.25) is 0 Å². The van der Waals surface area contributed by atoms with Crippen molar-refractivity contribution in [1.29, 1.82) is 0 Å². The van der Waals surface area contributed by atoms with Crippen molar-refractivity contribution in [3.8, 4) is 0 Å². The fourth-order valence-corrected chi connectivity index (χ4v) is 4.03. The van der Waals surface area contributed by atoms with E-state index in [1.54, 1.807) is 23.9 Å². The number of rotatable bonds is 8. The quantitative estimate of drug-likeness (QED) is 0.476. The molecule has 123 valence electrons.